The molecule has 0 aromatic heterocycles. The highest BCUT2D eigenvalue weighted by Crippen LogP contribution is 2.31. The van der Waals surface area contributed by atoms with Crippen LogP contribution in [0.3, 0.4) is 0 Å². The van der Waals surface area contributed by atoms with E-state index in [0.717, 1.165) is 4.90 Å². The average Bonchev–Trinajstić information content (AvgIpc) is 2.63. The summed E-state index contributed by atoms with van der Waals surface area (Å²) in [4.78, 5) is 15.5. The van der Waals surface area contributed by atoms with E-state index in [2.05, 4.69) is 24.3 Å². The third-order valence-electron chi connectivity index (χ3n) is 3.62. The Hall–Kier alpha value is -2.59. The molecule has 132 valence electrons. The van der Waals surface area contributed by atoms with Crippen molar-refractivity contribution in [2.75, 3.05) is 0 Å². The Balaban J connectivity index is 1.94. The lowest BCUT2D eigenvalue weighted by Gasteiger charge is -2.15. The zero-order chi connectivity index (χ0) is 18.6. The van der Waals surface area contributed by atoms with Crippen LogP contribution >= 0.6 is 0 Å². The van der Waals surface area contributed by atoms with Crippen LogP contribution in [0.25, 0.3) is 0 Å². The Kier molecular flexibility index (Phi) is 5.43. The van der Waals surface area contributed by atoms with Gasteiger partial charge in [0.25, 0.3) is 0 Å². The lowest BCUT2D eigenvalue weighted by Crippen LogP contribution is -2.22. The van der Waals surface area contributed by atoms with Gasteiger partial charge in [-0.3, -0.25) is 0 Å². The summed E-state index contributed by atoms with van der Waals surface area (Å²) in [5, 5.41) is 0. The molecule has 0 heterocycles. The molecule has 0 saturated carbocycles. The van der Waals surface area contributed by atoms with Gasteiger partial charge in [0, 0.05) is 13.8 Å². The second-order valence-electron chi connectivity index (χ2n) is 6.21. The van der Waals surface area contributed by atoms with Gasteiger partial charge in [-0.05, 0) is 48.5 Å². The maximum Gasteiger partial charge on any atom is 0.340 e. The Morgan fingerprint density at radius 2 is 1.19 bits per heavy atom. The van der Waals surface area contributed by atoms with Crippen LogP contribution < -0.4 is 0 Å². The third kappa shape index (κ3) is 4.52. The number of halogens is 1. The van der Waals surface area contributed by atoms with E-state index in [1.165, 1.54) is 23.6 Å². The quantitative estimate of drug-likeness (QED) is 0.431. The van der Waals surface area contributed by atoms with Crippen molar-refractivity contribution < 1.29 is 13.9 Å². The zero-order valence-corrected chi connectivity index (χ0v) is 15.5. The smallest absolute Gasteiger partial charge is 0.340 e. The summed E-state index contributed by atoms with van der Waals surface area (Å²) in [5.41, 5.74) is 0.337. The minimum atomic E-state index is -1.99. The summed E-state index contributed by atoms with van der Waals surface area (Å²) < 4.78 is 18.3. The molecule has 3 aromatic carbocycles. The van der Waals surface area contributed by atoms with Crippen LogP contribution in [0, 0.1) is 0 Å². The maximum atomic E-state index is 13.5. The van der Waals surface area contributed by atoms with E-state index < -0.39 is 11.8 Å². The summed E-state index contributed by atoms with van der Waals surface area (Å²) in [7, 11) is -0.281. The molecule has 0 unspecified atom stereocenters. The number of benzene rings is 3. The Morgan fingerprint density at radius 1 is 0.769 bits per heavy atom. The summed E-state index contributed by atoms with van der Waals surface area (Å²) in [5.74, 6) is -2.66. The SMILES string of the molecule is CC(C)(F)OC(=O)c1ccc([S+](c2ccccc2)c2ccccc2)cc1. The summed E-state index contributed by atoms with van der Waals surface area (Å²) in [6.07, 6.45) is 0. The second kappa shape index (κ2) is 7.75. The molecule has 4 heteroatoms. The van der Waals surface area contributed by atoms with E-state index in [-0.39, 0.29) is 10.9 Å². The van der Waals surface area contributed by atoms with Gasteiger partial charge in [0.1, 0.15) is 0 Å². The van der Waals surface area contributed by atoms with Crippen LogP contribution in [0.4, 0.5) is 4.39 Å². The van der Waals surface area contributed by atoms with Crippen LogP contribution in [-0.2, 0) is 15.6 Å². The van der Waals surface area contributed by atoms with Gasteiger partial charge in [-0.25, -0.2) is 4.79 Å². The van der Waals surface area contributed by atoms with Crippen LogP contribution in [0.5, 0.6) is 0 Å². The van der Waals surface area contributed by atoms with E-state index in [9.17, 15) is 9.18 Å². The van der Waals surface area contributed by atoms with E-state index in [0.29, 0.717) is 5.56 Å². The molecule has 0 fully saturated rings. The minimum Gasteiger partial charge on any atom is -0.426 e. The fourth-order valence-corrected chi connectivity index (χ4v) is 4.61. The van der Waals surface area contributed by atoms with Crippen molar-refractivity contribution in [1.82, 2.24) is 0 Å². The highest BCUT2D eigenvalue weighted by molar-refractivity contribution is 7.97. The van der Waals surface area contributed by atoms with Crippen molar-refractivity contribution >= 4 is 16.9 Å². The Bertz CT molecular complexity index is 817. The summed E-state index contributed by atoms with van der Waals surface area (Å²) in [6, 6.07) is 27.7. The lowest BCUT2D eigenvalue weighted by atomic mass is 10.2. The van der Waals surface area contributed by atoms with E-state index in [1.54, 1.807) is 12.1 Å². The molecule has 26 heavy (non-hydrogen) atoms. The third-order valence-corrected chi connectivity index (χ3v) is 5.85. The number of hydrogen-bond acceptors (Lipinski definition) is 2. The van der Waals surface area contributed by atoms with Crippen molar-refractivity contribution in [3.8, 4) is 0 Å². The van der Waals surface area contributed by atoms with E-state index in [1.807, 2.05) is 48.5 Å². The van der Waals surface area contributed by atoms with Gasteiger partial charge in [0.15, 0.2) is 14.7 Å². The molecule has 0 radical (unpaired) electrons. The van der Waals surface area contributed by atoms with Crippen LogP contribution in [0.15, 0.2) is 99.6 Å². The number of carbonyl (C=O) groups excluding carboxylic acids is 1. The minimum absolute atomic E-state index is 0.281. The van der Waals surface area contributed by atoms with Crippen molar-refractivity contribution in [3.05, 3.63) is 90.5 Å². The van der Waals surface area contributed by atoms with Crippen LogP contribution in [0.1, 0.15) is 24.2 Å². The molecule has 3 rings (SSSR count). The molecule has 0 aliphatic rings. The molecule has 0 aliphatic heterocycles. The predicted molar refractivity (Wildman–Crippen MR) is 102 cm³/mol. The Morgan fingerprint density at radius 3 is 1.62 bits per heavy atom. The van der Waals surface area contributed by atoms with Gasteiger partial charge in [0.2, 0.25) is 5.85 Å². The van der Waals surface area contributed by atoms with Crippen molar-refractivity contribution in [3.63, 3.8) is 0 Å². The molecular formula is C22H20FO2S+. The first-order chi connectivity index (χ1) is 12.4. The molecular weight excluding hydrogens is 347 g/mol. The number of carbonyl (C=O) groups is 1. The molecule has 0 atom stereocenters. The number of rotatable bonds is 5. The first-order valence-corrected chi connectivity index (χ1v) is 9.53. The standard InChI is InChI=1S/C22H20FO2S/c1-22(2,23)25-21(24)17-13-15-20(16-14-17)26(18-9-5-3-6-10-18)19-11-7-4-8-12-19/h3-16H,1-2H3/q+1. The Labute approximate surface area is 156 Å². The fourth-order valence-electron chi connectivity index (χ4n) is 2.53. The van der Waals surface area contributed by atoms with Gasteiger partial charge < -0.3 is 4.74 Å². The van der Waals surface area contributed by atoms with Crippen molar-refractivity contribution in [2.45, 2.75) is 34.4 Å². The highest BCUT2D eigenvalue weighted by Gasteiger charge is 2.29. The van der Waals surface area contributed by atoms with Crippen molar-refractivity contribution in [2.24, 2.45) is 0 Å². The lowest BCUT2D eigenvalue weighted by molar-refractivity contribution is -0.0758. The first-order valence-electron chi connectivity index (χ1n) is 8.31. The molecule has 0 bridgehead atoms. The van der Waals surface area contributed by atoms with E-state index in [4.69, 9.17) is 4.74 Å². The molecule has 0 saturated heterocycles. The molecule has 2 nitrogen and oxygen atoms in total. The van der Waals surface area contributed by atoms with Crippen LogP contribution in [0.2, 0.25) is 0 Å². The average molecular weight is 367 g/mol. The number of esters is 1. The highest BCUT2D eigenvalue weighted by atomic mass is 32.2. The molecule has 0 spiro atoms. The van der Waals surface area contributed by atoms with Crippen molar-refractivity contribution in [1.29, 1.82) is 0 Å². The largest absolute Gasteiger partial charge is 0.426 e. The van der Waals surface area contributed by atoms with Gasteiger partial charge in [-0.2, -0.15) is 4.39 Å². The monoisotopic (exact) mass is 367 g/mol. The molecule has 0 aliphatic carbocycles. The number of alkyl halides is 1. The summed E-state index contributed by atoms with van der Waals surface area (Å²) in [6.45, 7) is 2.42. The second-order valence-corrected chi connectivity index (χ2v) is 8.24. The number of hydrogen-bond donors (Lipinski definition) is 0. The van der Waals surface area contributed by atoms with Gasteiger partial charge in [-0.1, -0.05) is 36.4 Å². The summed E-state index contributed by atoms with van der Waals surface area (Å²) >= 11 is 0. The first kappa shape index (κ1) is 18.2. The predicted octanol–water partition coefficient (Wildman–Crippen LogP) is 5.64. The van der Waals surface area contributed by atoms with E-state index >= 15 is 0 Å². The molecule has 0 amide bonds. The fraction of sp³-hybridized carbons (Fsp3) is 0.136. The van der Waals surface area contributed by atoms with Gasteiger partial charge in [0.05, 0.1) is 16.5 Å². The number of ether oxygens (including phenoxy) is 1. The molecule has 0 N–H and O–H groups in total. The van der Waals surface area contributed by atoms with Crippen LogP contribution in [-0.4, -0.2) is 11.8 Å². The van der Waals surface area contributed by atoms with Gasteiger partial charge in [-0.15, -0.1) is 0 Å². The zero-order valence-electron chi connectivity index (χ0n) is 14.7. The maximum absolute atomic E-state index is 13.5. The topological polar surface area (TPSA) is 26.3 Å². The molecule has 3 aromatic rings. The van der Waals surface area contributed by atoms with Gasteiger partial charge >= 0.3 is 5.97 Å². The normalized spacial score (nSPS) is 11.4.